The normalized spacial score (nSPS) is 14.1. The number of carbonyl (C=O) groups excluding carboxylic acids is 1. The number of nitrogens with one attached hydrogen (secondary N) is 1. The summed E-state index contributed by atoms with van der Waals surface area (Å²) in [5.41, 5.74) is 0.226. The van der Waals surface area contributed by atoms with E-state index in [0.29, 0.717) is 5.82 Å². The van der Waals surface area contributed by atoms with Gasteiger partial charge >= 0.3 is 0 Å². The fraction of sp³-hybridized carbons (Fsp3) is 0.312. The van der Waals surface area contributed by atoms with Crippen LogP contribution in [0.4, 0.5) is 10.2 Å². The van der Waals surface area contributed by atoms with Crippen LogP contribution in [0.5, 0.6) is 0 Å². The van der Waals surface area contributed by atoms with Gasteiger partial charge < -0.3 is 10.2 Å². The van der Waals surface area contributed by atoms with E-state index in [1.807, 2.05) is 6.07 Å². The number of hydrogen-bond acceptors (Lipinski definition) is 4. The van der Waals surface area contributed by atoms with Crippen molar-refractivity contribution in [3.8, 4) is 0 Å². The zero-order valence-electron chi connectivity index (χ0n) is 12.4. The molecule has 0 radical (unpaired) electrons. The van der Waals surface area contributed by atoms with Gasteiger partial charge in [-0.05, 0) is 37.1 Å². The maximum Gasteiger partial charge on any atom is 0.253 e. The van der Waals surface area contributed by atoms with Gasteiger partial charge in [0.2, 0.25) is 0 Å². The molecule has 1 saturated heterocycles. The molecular weight excluding hydrogens is 319 g/mol. The van der Waals surface area contributed by atoms with Crippen molar-refractivity contribution in [1.29, 1.82) is 0 Å². The van der Waals surface area contributed by atoms with E-state index in [1.54, 1.807) is 6.20 Å². The number of rotatable bonds is 4. The van der Waals surface area contributed by atoms with Gasteiger partial charge in [-0.2, -0.15) is 0 Å². The molecule has 2 heterocycles. The van der Waals surface area contributed by atoms with Gasteiger partial charge in [-0.3, -0.25) is 4.79 Å². The first kappa shape index (κ1) is 15.7. The summed E-state index contributed by atoms with van der Waals surface area (Å²) in [4.78, 5) is 22.9. The molecular formula is C16H16ClFN4O. The molecule has 0 atom stereocenters. The van der Waals surface area contributed by atoms with Gasteiger partial charge in [-0.1, -0.05) is 11.6 Å². The molecule has 7 heteroatoms. The number of carbonyl (C=O) groups is 1. The largest absolute Gasteiger partial charge is 0.357 e. The van der Waals surface area contributed by atoms with Crippen molar-refractivity contribution in [3.63, 3.8) is 0 Å². The molecule has 1 N–H and O–H groups in total. The van der Waals surface area contributed by atoms with Gasteiger partial charge in [-0.15, -0.1) is 0 Å². The van der Waals surface area contributed by atoms with Gasteiger partial charge in [-0.25, -0.2) is 14.4 Å². The van der Waals surface area contributed by atoms with Crippen molar-refractivity contribution in [3.05, 3.63) is 52.7 Å². The average Bonchev–Trinajstić information content (AvgIpc) is 3.07. The second-order valence-corrected chi connectivity index (χ2v) is 5.74. The topological polar surface area (TPSA) is 58.1 Å². The minimum Gasteiger partial charge on any atom is -0.357 e. The summed E-state index contributed by atoms with van der Waals surface area (Å²) in [7, 11) is 0. The molecule has 2 aromatic rings. The maximum absolute atomic E-state index is 13.0. The summed E-state index contributed by atoms with van der Waals surface area (Å²) >= 11 is 5.88. The number of amides is 1. The molecule has 1 aliphatic rings. The summed E-state index contributed by atoms with van der Waals surface area (Å²) in [6.07, 6.45) is 4.02. The van der Waals surface area contributed by atoms with Crippen LogP contribution in [0.15, 0.2) is 30.5 Å². The first-order chi connectivity index (χ1) is 11.1. The molecule has 5 nitrogen and oxygen atoms in total. The van der Waals surface area contributed by atoms with E-state index in [-0.39, 0.29) is 23.0 Å². The van der Waals surface area contributed by atoms with Crippen molar-refractivity contribution in [1.82, 2.24) is 15.3 Å². The lowest BCUT2D eigenvalue weighted by Gasteiger charge is -2.16. The fourth-order valence-electron chi connectivity index (χ4n) is 2.52. The summed E-state index contributed by atoms with van der Waals surface area (Å²) in [5, 5.41) is 2.78. The molecule has 1 aromatic carbocycles. The quantitative estimate of drug-likeness (QED) is 0.934. The Labute approximate surface area is 138 Å². The van der Waals surface area contributed by atoms with Crippen molar-refractivity contribution in [2.24, 2.45) is 0 Å². The average molecular weight is 335 g/mol. The van der Waals surface area contributed by atoms with Crippen molar-refractivity contribution < 1.29 is 9.18 Å². The first-order valence-corrected chi connectivity index (χ1v) is 7.81. The smallest absolute Gasteiger partial charge is 0.253 e. The van der Waals surface area contributed by atoms with E-state index < -0.39 is 5.82 Å². The molecule has 1 aliphatic heterocycles. The Morgan fingerprint density at radius 1 is 1.30 bits per heavy atom. The van der Waals surface area contributed by atoms with Crippen LogP contribution >= 0.6 is 11.6 Å². The summed E-state index contributed by atoms with van der Waals surface area (Å²) in [5.74, 6) is 0.543. The molecule has 0 saturated carbocycles. The highest BCUT2D eigenvalue weighted by Crippen LogP contribution is 2.18. The highest BCUT2D eigenvalue weighted by molar-refractivity contribution is 6.33. The van der Waals surface area contributed by atoms with Crippen LogP contribution in [0.1, 0.15) is 29.0 Å². The third-order valence-electron chi connectivity index (χ3n) is 3.70. The van der Waals surface area contributed by atoms with E-state index in [0.717, 1.165) is 25.0 Å². The van der Waals surface area contributed by atoms with Crippen molar-refractivity contribution >= 4 is 23.3 Å². The fourth-order valence-corrected chi connectivity index (χ4v) is 2.78. The zero-order valence-corrected chi connectivity index (χ0v) is 13.2. The number of halogens is 2. The zero-order chi connectivity index (χ0) is 16.2. The minimum absolute atomic E-state index is 0.0780. The van der Waals surface area contributed by atoms with Gasteiger partial charge in [0.1, 0.15) is 17.5 Å². The van der Waals surface area contributed by atoms with E-state index >= 15 is 0 Å². The molecule has 0 bridgehead atoms. The number of aromatic nitrogens is 2. The van der Waals surface area contributed by atoms with Crippen LogP contribution in [-0.2, 0) is 6.54 Å². The lowest BCUT2D eigenvalue weighted by Crippen LogP contribution is -2.25. The molecule has 23 heavy (non-hydrogen) atoms. The van der Waals surface area contributed by atoms with Crippen molar-refractivity contribution in [2.75, 3.05) is 18.0 Å². The second-order valence-electron chi connectivity index (χ2n) is 5.33. The third kappa shape index (κ3) is 3.76. The SMILES string of the molecule is O=C(NCc1nccc(N2CCCC2)n1)c1ccc(F)cc1Cl. The highest BCUT2D eigenvalue weighted by atomic mass is 35.5. The Bertz CT molecular complexity index is 719. The Morgan fingerprint density at radius 3 is 2.83 bits per heavy atom. The van der Waals surface area contributed by atoms with Gasteiger partial charge in [0.05, 0.1) is 17.1 Å². The molecule has 0 aliphatic carbocycles. The van der Waals surface area contributed by atoms with E-state index in [9.17, 15) is 9.18 Å². The second kappa shape index (κ2) is 6.91. The maximum atomic E-state index is 13.0. The third-order valence-corrected chi connectivity index (χ3v) is 4.02. The summed E-state index contributed by atoms with van der Waals surface area (Å²) < 4.78 is 13.0. The summed E-state index contributed by atoms with van der Waals surface area (Å²) in [6.45, 7) is 2.18. The molecule has 1 amide bonds. The van der Waals surface area contributed by atoms with Crippen LogP contribution < -0.4 is 10.2 Å². The molecule has 0 spiro atoms. The molecule has 120 valence electrons. The predicted molar refractivity (Wildman–Crippen MR) is 86.1 cm³/mol. The van der Waals surface area contributed by atoms with Crippen LogP contribution in [-0.4, -0.2) is 29.0 Å². The number of benzene rings is 1. The van der Waals surface area contributed by atoms with Gasteiger partial charge in [0.15, 0.2) is 0 Å². The van der Waals surface area contributed by atoms with Gasteiger partial charge in [0.25, 0.3) is 5.91 Å². The van der Waals surface area contributed by atoms with Crippen LogP contribution in [0, 0.1) is 5.82 Å². The minimum atomic E-state index is -0.479. The lowest BCUT2D eigenvalue weighted by molar-refractivity contribution is 0.0950. The van der Waals surface area contributed by atoms with E-state index in [2.05, 4.69) is 20.2 Å². The molecule has 3 rings (SSSR count). The number of hydrogen-bond donors (Lipinski definition) is 1. The van der Waals surface area contributed by atoms with E-state index in [1.165, 1.54) is 25.0 Å². The van der Waals surface area contributed by atoms with E-state index in [4.69, 9.17) is 11.6 Å². The highest BCUT2D eigenvalue weighted by Gasteiger charge is 2.15. The lowest BCUT2D eigenvalue weighted by atomic mass is 10.2. The Hall–Kier alpha value is -2.21. The molecule has 1 aromatic heterocycles. The van der Waals surface area contributed by atoms with Gasteiger partial charge in [0, 0.05) is 19.3 Å². The number of nitrogens with zero attached hydrogens (tertiary/aromatic N) is 3. The Kier molecular flexibility index (Phi) is 4.71. The molecule has 0 unspecified atom stereocenters. The van der Waals surface area contributed by atoms with Crippen LogP contribution in [0.25, 0.3) is 0 Å². The summed E-state index contributed by atoms with van der Waals surface area (Å²) in [6, 6.07) is 5.54. The molecule has 1 fully saturated rings. The van der Waals surface area contributed by atoms with Crippen molar-refractivity contribution in [2.45, 2.75) is 19.4 Å². The Morgan fingerprint density at radius 2 is 2.09 bits per heavy atom. The van der Waals surface area contributed by atoms with Crippen LogP contribution in [0.2, 0.25) is 5.02 Å². The predicted octanol–water partition coefficient (Wildman–Crippen LogP) is 2.80. The first-order valence-electron chi connectivity index (χ1n) is 7.43. The standard InChI is InChI=1S/C16H16ClFN4O/c17-13-9-11(18)3-4-12(13)16(23)20-10-14-19-6-5-15(21-14)22-7-1-2-8-22/h3-6,9H,1-2,7-8,10H2,(H,20,23). The Balaban J connectivity index is 1.65. The monoisotopic (exact) mass is 334 g/mol. The van der Waals surface area contributed by atoms with Crippen LogP contribution in [0.3, 0.4) is 0 Å². The number of anilines is 1.